The highest BCUT2D eigenvalue weighted by Crippen LogP contribution is 2.41. The Morgan fingerprint density at radius 1 is 0.426 bits per heavy atom. The van der Waals surface area contributed by atoms with Gasteiger partial charge in [0.15, 0.2) is 0 Å². The predicted octanol–water partition coefficient (Wildman–Crippen LogP) is 11.5. The van der Waals surface area contributed by atoms with Crippen molar-refractivity contribution in [2.24, 2.45) is 0 Å². The van der Waals surface area contributed by atoms with Crippen molar-refractivity contribution in [2.45, 2.75) is 188 Å². The predicted molar refractivity (Wildman–Crippen MR) is 199 cm³/mol. The Bertz CT molecular complexity index is 1160. The third-order valence-electron chi connectivity index (χ3n) is 9.37. The molecule has 47 heavy (non-hydrogen) atoms. The average molecular weight is 649 g/mol. The molecule has 2 N–H and O–H groups in total. The molecule has 4 nitrogen and oxygen atoms in total. The van der Waals surface area contributed by atoms with Gasteiger partial charge in [-0.25, -0.2) is 0 Å². The Balaban J connectivity index is 1.68. The molecular weight excluding hydrogens is 580 g/mol. The van der Waals surface area contributed by atoms with Crippen LogP contribution in [0.1, 0.15) is 187 Å². The summed E-state index contributed by atoms with van der Waals surface area (Å²) in [6.07, 6.45) is 11.3. The molecule has 0 amide bonds. The Labute approximate surface area is 288 Å². The van der Waals surface area contributed by atoms with Gasteiger partial charge >= 0.3 is 0 Å². The second-order valence-corrected chi connectivity index (χ2v) is 18.1. The van der Waals surface area contributed by atoms with Gasteiger partial charge in [0.2, 0.25) is 0 Å². The largest absolute Gasteiger partial charge is 0.507 e. The molecule has 0 radical (unpaired) electrons. The van der Waals surface area contributed by atoms with Gasteiger partial charge in [0.1, 0.15) is 23.1 Å². The van der Waals surface area contributed by atoms with E-state index < -0.39 is 0 Å². The molecule has 0 aromatic heterocycles. The van der Waals surface area contributed by atoms with Crippen LogP contribution >= 0.6 is 0 Å². The lowest BCUT2D eigenvalue weighted by Crippen LogP contribution is -2.18. The molecule has 0 aliphatic rings. The fourth-order valence-electron chi connectivity index (χ4n) is 6.31. The maximum absolute atomic E-state index is 12.7. The van der Waals surface area contributed by atoms with Crippen molar-refractivity contribution in [2.75, 3.05) is 0 Å². The molecule has 0 fully saturated rings. The molecule has 0 saturated heterocycles. The van der Waals surface area contributed by atoms with E-state index in [0.29, 0.717) is 48.7 Å². The topological polar surface area (TPSA) is 74.6 Å². The lowest BCUT2D eigenvalue weighted by molar-refractivity contribution is -0.119. The summed E-state index contributed by atoms with van der Waals surface area (Å²) in [5.41, 5.74) is 5.42. The zero-order chi connectivity index (χ0) is 35.8. The van der Waals surface area contributed by atoms with Crippen LogP contribution in [0, 0.1) is 0 Å². The van der Waals surface area contributed by atoms with Crippen LogP contribution < -0.4 is 0 Å². The van der Waals surface area contributed by atoms with Gasteiger partial charge in [-0.3, -0.25) is 9.59 Å². The molecule has 0 unspecified atom stereocenters. The summed E-state index contributed by atoms with van der Waals surface area (Å²) in [4.78, 5) is 25.3. The van der Waals surface area contributed by atoms with Crippen molar-refractivity contribution in [1.82, 2.24) is 0 Å². The number of carbonyl (C=O) groups excluding carboxylic acids is 2. The minimum atomic E-state index is -0.165. The third kappa shape index (κ3) is 13.1. The summed E-state index contributed by atoms with van der Waals surface area (Å²) in [5, 5.41) is 21.9. The summed E-state index contributed by atoms with van der Waals surface area (Å²) in [6, 6.07) is 8.36. The van der Waals surface area contributed by atoms with Crippen molar-refractivity contribution in [3.05, 3.63) is 57.6 Å². The summed E-state index contributed by atoms with van der Waals surface area (Å²) in [5.74, 6) is 1.42. The first-order chi connectivity index (χ1) is 21.5. The molecule has 0 spiro atoms. The smallest absolute Gasteiger partial charge is 0.133 e. The first-order valence-electron chi connectivity index (χ1n) is 18.3. The van der Waals surface area contributed by atoms with E-state index >= 15 is 0 Å². The van der Waals surface area contributed by atoms with Gasteiger partial charge in [0.25, 0.3) is 0 Å². The third-order valence-corrected chi connectivity index (χ3v) is 9.37. The highest BCUT2D eigenvalue weighted by Gasteiger charge is 2.28. The number of ketones is 2. The van der Waals surface area contributed by atoms with Gasteiger partial charge < -0.3 is 10.2 Å². The molecule has 0 aliphatic heterocycles. The maximum atomic E-state index is 12.7. The van der Waals surface area contributed by atoms with E-state index in [4.69, 9.17) is 0 Å². The van der Waals surface area contributed by atoms with Crippen molar-refractivity contribution < 1.29 is 19.8 Å². The molecule has 0 saturated carbocycles. The molecule has 0 bridgehead atoms. The van der Waals surface area contributed by atoms with Gasteiger partial charge in [-0.2, -0.15) is 0 Å². The molecule has 2 aromatic rings. The summed E-state index contributed by atoms with van der Waals surface area (Å²) >= 11 is 0. The number of Topliss-reactive ketones (excluding diaryl/α,β-unsaturated/α-hetero) is 2. The lowest BCUT2D eigenvalue weighted by atomic mass is 9.78. The van der Waals surface area contributed by atoms with Crippen LogP contribution in [-0.4, -0.2) is 21.8 Å². The average Bonchev–Trinajstić information content (AvgIpc) is 2.92. The van der Waals surface area contributed by atoms with Crippen LogP contribution in [0.3, 0.4) is 0 Å². The van der Waals surface area contributed by atoms with Gasteiger partial charge in [-0.1, -0.05) is 139 Å². The van der Waals surface area contributed by atoms with Crippen LogP contribution in [0.4, 0.5) is 0 Å². The molecule has 4 heteroatoms. The van der Waals surface area contributed by atoms with E-state index in [1.54, 1.807) is 0 Å². The minimum absolute atomic E-state index is 0.165. The number of benzene rings is 2. The molecular formula is C43H68O4. The molecule has 0 heterocycles. The number of phenols is 2. The number of hydrogen-bond acceptors (Lipinski definition) is 4. The number of rotatable bonds is 16. The quantitative estimate of drug-likeness (QED) is 0.178. The first-order valence-corrected chi connectivity index (χ1v) is 18.3. The van der Waals surface area contributed by atoms with Crippen LogP contribution in [0.15, 0.2) is 24.3 Å². The zero-order valence-corrected chi connectivity index (χ0v) is 32.2. The molecule has 2 aromatic carbocycles. The normalized spacial score (nSPS) is 12.9. The van der Waals surface area contributed by atoms with Crippen molar-refractivity contribution in [1.29, 1.82) is 0 Å². The van der Waals surface area contributed by atoms with Gasteiger partial charge in [-0.15, -0.1) is 0 Å². The van der Waals surface area contributed by atoms with Gasteiger partial charge in [0, 0.05) is 25.7 Å². The number of carbonyl (C=O) groups is 2. The fraction of sp³-hybridized carbons (Fsp3) is 0.674. The van der Waals surface area contributed by atoms with Crippen molar-refractivity contribution >= 4 is 11.6 Å². The van der Waals surface area contributed by atoms with Crippen LogP contribution in [0.5, 0.6) is 11.5 Å². The number of aryl methyl sites for hydroxylation is 2. The fourth-order valence-corrected chi connectivity index (χ4v) is 6.31. The highest BCUT2D eigenvalue weighted by molar-refractivity contribution is 5.79. The zero-order valence-electron chi connectivity index (χ0n) is 32.2. The van der Waals surface area contributed by atoms with E-state index in [9.17, 15) is 19.8 Å². The molecule has 264 valence electrons. The Morgan fingerprint density at radius 3 is 0.894 bits per heavy atom. The Kier molecular flexibility index (Phi) is 14.4. The second-order valence-electron chi connectivity index (χ2n) is 18.1. The lowest BCUT2D eigenvalue weighted by Gasteiger charge is -2.28. The standard InChI is InChI=1S/C43H68O4/c1-40(2,3)34-26-30(27-35(38(34)46)41(4,5)6)22-24-32(44)20-18-16-14-13-15-17-19-21-33(45)25-23-31-28-36(42(7,8)9)39(47)37(29-31)43(10,11)12/h26-29,46-47H,13-25H2,1-12H3. The SMILES string of the molecule is CC(C)(C)c1cc(CCC(=O)CCCCCCCCCC(=O)CCc2cc(C(C)(C)C)c(O)c(C(C)(C)C)c2)cc(C(C)(C)C)c1O. The van der Waals surface area contributed by atoms with Crippen LogP contribution in [0.2, 0.25) is 0 Å². The first kappa shape index (κ1) is 40.6. The van der Waals surface area contributed by atoms with Crippen molar-refractivity contribution in [3.63, 3.8) is 0 Å². The highest BCUT2D eigenvalue weighted by atomic mass is 16.3. The van der Waals surface area contributed by atoms with E-state index in [-0.39, 0.29) is 21.7 Å². The summed E-state index contributed by atoms with van der Waals surface area (Å²) in [6.45, 7) is 25.4. The number of hydrogen-bond donors (Lipinski definition) is 2. The van der Waals surface area contributed by atoms with E-state index in [2.05, 4.69) is 107 Å². The Hall–Kier alpha value is -2.62. The summed E-state index contributed by atoms with van der Waals surface area (Å²) < 4.78 is 0. The van der Waals surface area contributed by atoms with E-state index in [1.807, 2.05) is 0 Å². The number of phenolic OH excluding ortho intramolecular Hbond substituents is 2. The number of unbranched alkanes of at least 4 members (excludes halogenated alkanes) is 6. The van der Waals surface area contributed by atoms with E-state index in [0.717, 1.165) is 91.2 Å². The molecule has 0 aliphatic carbocycles. The van der Waals surface area contributed by atoms with Crippen molar-refractivity contribution in [3.8, 4) is 11.5 Å². The second kappa shape index (κ2) is 16.7. The number of aromatic hydroxyl groups is 2. The maximum Gasteiger partial charge on any atom is 0.133 e. The van der Waals surface area contributed by atoms with Crippen LogP contribution in [-0.2, 0) is 44.1 Å². The van der Waals surface area contributed by atoms with Gasteiger partial charge in [0.05, 0.1) is 0 Å². The molecule has 0 atom stereocenters. The summed E-state index contributed by atoms with van der Waals surface area (Å²) in [7, 11) is 0. The molecule has 2 rings (SSSR count). The Morgan fingerprint density at radius 2 is 0.660 bits per heavy atom. The van der Waals surface area contributed by atoms with E-state index in [1.165, 1.54) is 0 Å². The minimum Gasteiger partial charge on any atom is -0.507 e. The van der Waals surface area contributed by atoms with Gasteiger partial charge in [-0.05, 0) is 80.7 Å². The van der Waals surface area contributed by atoms with Crippen LogP contribution in [0.25, 0.3) is 0 Å². The monoisotopic (exact) mass is 649 g/mol.